The van der Waals surface area contributed by atoms with Crippen LogP contribution in [0.4, 0.5) is 0 Å². The highest BCUT2D eigenvalue weighted by Gasteiger charge is 2.65. The van der Waals surface area contributed by atoms with Crippen molar-refractivity contribution in [2.45, 2.75) is 83.3 Å². The number of rotatable bonds is 2. The Balaban J connectivity index is 1.73. The SMILES string of the molecule is C[C@@]12CCC[C@@]1(N=[N+]=[N-])[C@@H]1CCC3CC(O)C(C(=O)O)C[C@]3(C)[C@@H]1CC2. The van der Waals surface area contributed by atoms with E-state index < -0.39 is 18.0 Å². The average Bonchev–Trinajstić information content (AvgIpc) is 2.92. The maximum absolute atomic E-state index is 11.7. The van der Waals surface area contributed by atoms with Crippen LogP contribution < -0.4 is 0 Å². The molecule has 0 heterocycles. The van der Waals surface area contributed by atoms with Gasteiger partial charge in [0.05, 0.1) is 17.6 Å². The molecule has 4 aliphatic rings. The highest BCUT2D eigenvalue weighted by atomic mass is 16.4. The molecule has 6 nitrogen and oxygen atoms in total. The number of carboxylic acids is 1. The van der Waals surface area contributed by atoms with Crippen LogP contribution in [0.25, 0.3) is 10.4 Å². The first-order valence-corrected chi connectivity index (χ1v) is 10.2. The first kappa shape index (κ1) is 18.1. The van der Waals surface area contributed by atoms with E-state index in [-0.39, 0.29) is 16.4 Å². The molecule has 8 atom stereocenters. The summed E-state index contributed by atoms with van der Waals surface area (Å²) in [5, 5.41) is 24.5. The number of hydrogen-bond acceptors (Lipinski definition) is 3. The van der Waals surface area contributed by atoms with Crippen LogP contribution in [0.3, 0.4) is 0 Å². The average molecular weight is 361 g/mol. The smallest absolute Gasteiger partial charge is 0.309 e. The van der Waals surface area contributed by atoms with Crippen LogP contribution >= 0.6 is 0 Å². The molecule has 0 bridgehead atoms. The maximum Gasteiger partial charge on any atom is 0.309 e. The van der Waals surface area contributed by atoms with E-state index in [2.05, 4.69) is 23.9 Å². The molecule has 4 rings (SSSR count). The van der Waals surface area contributed by atoms with E-state index in [1.165, 1.54) is 0 Å². The fourth-order valence-corrected chi connectivity index (χ4v) is 7.84. The van der Waals surface area contributed by atoms with Gasteiger partial charge in [0.2, 0.25) is 0 Å². The zero-order valence-corrected chi connectivity index (χ0v) is 15.9. The van der Waals surface area contributed by atoms with Crippen molar-refractivity contribution in [3.63, 3.8) is 0 Å². The van der Waals surface area contributed by atoms with Gasteiger partial charge in [0.15, 0.2) is 0 Å². The largest absolute Gasteiger partial charge is 0.481 e. The van der Waals surface area contributed by atoms with Gasteiger partial charge in [0.25, 0.3) is 0 Å². The summed E-state index contributed by atoms with van der Waals surface area (Å²) in [5.74, 6) is -0.408. The molecule has 144 valence electrons. The molecule has 2 N–H and O–H groups in total. The van der Waals surface area contributed by atoms with Gasteiger partial charge in [-0.3, -0.25) is 4.79 Å². The molecule has 0 aliphatic heterocycles. The molecule has 0 radical (unpaired) electrons. The van der Waals surface area contributed by atoms with Crippen LogP contribution in [0.15, 0.2) is 5.11 Å². The van der Waals surface area contributed by atoms with Gasteiger partial charge in [-0.2, -0.15) is 0 Å². The van der Waals surface area contributed by atoms with Crippen molar-refractivity contribution in [1.82, 2.24) is 0 Å². The van der Waals surface area contributed by atoms with Gasteiger partial charge in [-0.25, -0.2) is 0 Å². The summed E-state index contributed by atoms with van der Waals surface area (Å²) in [6.07, 6.45) is 7.87. The van der Waals surface area contributed by atoms with Gasteiger partial charge in [0, 0.05) is 4.91 Å². The summed E-state index contributed by atoms with van der Waals surface area (Å²) in [6.45, 7) is 4.57. The van der Waals surface area contributed by atoms with Gasteiger partial charge in [-0.05, 0) is 85.5 Å². The number of azide groups is 1. The molecular weight excluding hydrogens is 330 g/mol. The highest BCUT2D eigenvalue weighted by Crippen LogP contribution is 2.69. The van der Waals surface area contributed by atoms with Crippen LogP contribution in [-0.4, -0.2) is 27.8 Å². The van der Waals surface area contributed by atoms with E-state index in [0.29, 0.717) is 30.6 Å². The topological polar surface area (TPSA) is 106 Å². The Morgan fingerprint density at radius 2 is 1.92 bits per heavy atom. The number of nitrogens with zero attached hydrogens (tertiary/aromatic N) is 3. The molecule has 0 amide bonds. The molecule has 26 heavy (non-hydrogen) atoms. The van der Waals surface area contributed by atoms with E-state index in [1.807, 2.05) is 0 Å². The molecule has 0 aromatic heterocycles. The number of fused-ring (bicyclic) bond motifs is 5. The van der Waals surface area contributed by atoms with Gasteiger partial charge >= 0.3 is 5.97 Å². The second kappa shape index (κ2) is 5.87. The molecule has 6 heteroatoms. The minimum Gasteiger partial charge on any atom is -0.481 e. The summed E-state index contributed by atoms with van der Waals surface area (Å²) >= 11 is 0. The molecule has 0 aromatic rings. The van der Waals surface area contributed by atoms with Crippen molar-refractivity contribution in [2.24, 2.45) is 39.6 Å². The van der Waals surface area contributed by atoms with Crippen molar-refractivity contribution in [3.8, 4) is 0 Å². The van der Waals surface area contributed by atoms with Crippen molar-refractivity contribution in [2.75, 3.05) is 0 Å². The fraction of sp³-hybridized carbons (Fsp3) is 0.950. The Morgan fingerprint density at radius 1 is 1.15 bits per heavy atom. The normalized spacial score (nSPS) is 53.0. The van der Waals surface area contributed by atoms with E-state index >= 15 is 0 Å². The van der Waals surface area contributed by atoms with Crippen molar-refractivity contribution < 1.29 is 15.0 Å². The quantitative estimate of drug-likeness (QED) is 0.429. The minimum absolute atomic E-state index is 0.0763. The van der Waals surface area contributed by atoms with Crippen LogP contribution in [-0.2, 0) is 4.79 Å². The maximum atomic E-state index is 11.7. The van der Waals surface area contributed by atoms with Gasteiger partial charge < -0.3 is 10.2 Å². The van der Waals surface area contributed by atoms with Crippen LogP contribution in [0.2, 0.25) is 0 Å². The number of hydrogen-bond donors (Lipinski definition) is 2. The Labute approximate surface area is 155 Å². The number of aliphatic hydroxyl groups is 1. The van der Waals surface area contributed by atoms with Crippen LogP contribution in [0.1, 0.15) is 71.6 Å². The predicted molar refractivity (Wildman–Crippen MR) is 97.2 cm³/mol. The minimum atomic E-state index is -0.870. The molecule has 4 fully saturated rings. The lowest BCUT2D eigenvalue weighted by atomic mass is 9.42. The van der Waals surface area contributed by atoms with Crippen LogP contribution in [0.5, 0.6) is 0 Å². The third-order valence-corrected chi connectivity index (χ3v) is 9.23. The first-order chi connectivity index (χ1) is 12.3. The highest BCUT2D eigenvalue weighted by molar-refractivity contribution is 5.71. The lowest BCUT2D eigenvalue weighted by Crippen LogP contribution is -2.61. The van der Waals surface area contributed by atoms with Crippen molar-refractivity contribution in [1.29, 1.82) is 0 Å². The van der Waals surface area contributed by atoms with Gasteiger partial charge in [0.1, 0.15) is 0 Å². The second-order valence-electron chi connectivity index (χ2n) is 10.0. The van der Waals surface area contributed by atoms with Crippen LogP contribution in [0, 0.1) is 34.5 Å². The Hall–Kier alpha value is -1.26. The first-order valence-electron chi connectivity index (χ1n) is 10.2. The lowest BCUT2D eigenvalue weighted by Gasteiger charge is -2.64. The third kappa shape index (κ3) is 2.21. The molecule has 0 spiro atoms. The van der Waals surface area contributed by atoms with Gasteiger partial charge in [-0.1, -0.05) is 25.4 Å². The number of carboxylic acid groups (broad SMARTS) is 1. The fourth-order valence-electron chi connectivity index (χ4n) is 7.84. The summed E-state index contributed by atoms with van der Waals surface area (Å²) in [7, 11) is 0. The summed E-state index contributed by atoms with van der Waals surface area (Å²) in [5.41, 5.74) is 9.07. The molecule has 0 saturated heterocycles. The number of aliphatic carboxylic acids is 1. The molecular formula is C20H31N3O3. The van der Waals surface area contributed by atoms with Gasteiger partial charge in [-0.15, -0.1) is 0 Å². The molecule has 3 unspecified atom stereocenters. The molecule has 0 aromatic carbocycles. The molecule has 4 saturated carbocycles. The zero-order valence-electron chi connectivity index (χ0n) is 15.9. The second-order valence-corrected chi connectivity index (χ2v) is 10.0. The van der Waals surface area contributed by atoms with E-state index in [1.54, 1.807) is 0 Å². The van der Waals surface area contributed by atoms with E-state index in [0.717, 1.165) is 44.9 Å². The Bertz CT molecular complexity index is 663. The third-order valence-electron chi connectivity index (χ3n) is 9.23. The summed E-state index contributed by atoms with van der Waals surface area (Å²) in [6, 6.07) is 0. The van der Waals surface area contributed by atoms with E-state index in [4.69, 9.17) is 0 Å². The Kier molecular flexibility index (Phi) is 4.09. The van der Waals surface area contributed by atoms with Crippen molar-refractivity contribution >= 4 is 5.97 Å². The van der Waals surface area contributed by atoms with Crippen molar-refractivity contribution in [3.05, 3.63) is 10.4 Å². The lowest BCUT2D eigenvalue weighted by molar-refractivity contribution is -0.169. The number of aliphatic hydroxyl groups excluding tert-OH is 1. The predicted octanol–water partition coefficient (Wildman–Crippen LogP) is 4.52. The van der Waals surface area contributed by atoms with E-state index in [9.17, 15) is 20.5 Å². The Morgan fingerprint density at radius 3 is 2.62 bits per heavy atom. The standard InChI is InChI=1S/C20H31N3O3/c1-18-7-3-8-20(18,22-23-21)15-5-4-12-10-16(24)13(17(25)26)11-19(12,2)14(15)6-9-18/h12-16,24H,3-11H2,1-2H3,(H,25,26)/t12?,13?,14-,15-,16?,18+,19+,20-/m1/s1. The summed E-state index contributed by atoms with van der Waals surface area (Å²) < 4.78 is 0. The zero-order chi connectivity index (χ0) is 18.7. The summed E-state index contributed by atoms with van der Waals surface area (Å²) in [4.78, 5) is 15.0. The molecule has 4 aliphatic carbocycles. The number of carbonyl (C=O) groups is 1. The monoisotopic (exact) mass is 361 g/mol.